The average molecular weight is 241 g/mol. The number of halogens is 2. The van der Waals surface area contributed by atoms with Crippen molar-refractivity contribution in [2.75, 3.05) is 0 Å². The maximum atomic E-state index is 12.8. The Balaban J connectivity index is 1.82. The Morgan fingerprint density at radius 3 is 2.81 bits per heavy atom. The third kappa shape index (κ3) is 3.05. The minimum Gasteiger partial charge on any atom is -0.299 e. The largest absolute Gasteiger partial charge is 0.299 e. The number of hydrogen-bond acceptors (Lipinski definition) is 1. The maximum absolute atomic E-state index is 12.8. The molecule has 1 aliphatic carbocycles. The zero-order valence-electron chi connectivity index (χ0n) is 9.01. The molecular weight excluding hydrogens is 227 g/mol. The van der Waals surface area contributed by atoms with Crippen LogP contribution in [0.1, 0.15) is 31.2 Å². The molecule has 16 heavy (non-hydrogen) atoms. The van der Waals surface area contributed by atoms with E-state index in [1.807, 2.05) is 0 Å². The lowest BCUT2D eigenvalue weighted by Gasteiger charge is -2.03. The van der Waals surface area contributed by atoms with Gasteiger partial charge in [0, 0.05) is 17.4 Å². The molecule has 0 unspecified atom stereocenters. The molecule has 0 atom stereocenters. The first-order valence-corrected chi connectivity index (χ1v) is 6.01. The fraction of sp³-hybridized carbons (Fsp3) is 0.462. The standard InChI is InChI=1S/C13H14ClFO/c14-12-8-11(15)7-6-9(12)2-1-3-13(16)10-4-5-10/h6-8,10H,1-5H2. The highest BCUT2D eigenvalue weighted by Gasteiger charge is 2.28. The van der Waals surface area contributed by atoms with E-state index in [4.69, 9.17) is 11.6 Å². The average Bonchev–Trinajstić information content (AvgIpc) is 3.04. The van der Waals surface area contributed by atoms with E-state index in [1.165, 1.54) is 12.1 Å². The molecule has 0 N–H and O–H groups in total. The Labute approximate surface area is 99.6 Å². The molecule has 1 nitrogen and oxygen atoms in total. The Morgan fingerprint density at radius 1 is 1.44 bits per heavy atom. The molecule has 0 radical (unpaired) electrons. The highest BCUT2D eigenvalue weighted by Crippen LogP contribution is 2.31. The van der Waals surface area contributed by atoms with E-state index < -0.39 is 0 Å². The molecule has 1 fully saturated rings. The molecule has 2 rings (SSSR count). The van der Waals surface area contributed by atoms with Crippen LogP contribution in [0.2, 0.25) is 5.02 Å². The lowest BCUT2D eigenvalue weighted by Crippen LogP contribution is -2.00. The molecule has 0 bridgehead atoms. The van der Waals surface area contributed by atoms with E-state index in [0.717, 1.165) is 31.2 Å². The van der Waals surface area contributed by atoms with Gasteiger partial charge in [-0.2, -0.15) is 0 Å². The number of carbonyl (C=O) groups excluding carboxylic acids is 1. The SMILES string of the molecule is O=C(CCCc1ccc(F)cc1Cl)C1CC1. The number of hydrogen-bond donors (Lipinski definition) is 0. The van der Waals surface area contributed by atoms with Gasteiger partial charge in [-0.3, -0.25) is 4.79 Å². The van der Waals surface area contributed by atoms with E-state index in [-0.39, 0.29) is 5.82 Å². The summed E-state index contributed by atoms with van der Waals surface area (Å²) in [5.74, 6) is 0.393. The fourth-order valence-corrected chi connectivity index (χ4v) is 2.05. The van der Waals surface area contributed by atoms with Crippen molar-refractivity contribution in [3.8, 4) is 0 Å². The van der Waals surface area contributed by atoms with Crippen molar-refractivity contribution >= 4 is 17.4 Å². The van der Waals surface area contributed by atoms with Crippen LogP contribution in [0.3, 0.4) is 0 Å². The van der Waals surface area contributed by atoms with Gasteiger partial charge in [0.05, 0.1) is 0 Å². The van der Waals surface area contributed by atoms with E-state index in [0.29, 0.717) is 23.1 Å². The topological polar surface area (TPSA) is 17.1 Å². The first-order chi connectivity index (χ1) is 7.66. The smallest absolute Gasteiger partial charge is 0.135 e. The van der Waals surface area contributed by atoms with Gasteiger partial charge in [0.1, 0.15) is 11.6 Å². The highest BCUT2D eigenvalue weighted by molar-refractivity contribution is 6.31. The summed E-state index contributed by atoms with van der Waals surface area (Å²) in [7, 11) is 0. The van der Waals surface area contributed by atoms with Crippen molar-refractivity contribution in [2.24, 2.45) is 5.92 Å². The Kier molecular flexibility index (Phi) is 3.59. The fourth-order valence-electron chi connectivity index (χ4n) is 1.79. The summed E-state index contributed by atoms with van der Waals surface area (Å²) >= 11 is 5.89. The van der Waals surface area contributed by atoms with Gasteiger partial charge in [-0.05, 0) is 43.4 Å². The molecule has 1 aromatic carbocycles. The molecule has 0 amide bonds. The van der Waals surface area contributed by atoms with E-state index in [2.05, 4.69) is 0 Å². The molecule has 3 heteroatoms. The van der Waals surface area contributed by atoms with Crippen LogP contribution in [-0.4, -0.2) is 5.78 Å². The predicted octanol–water partition coefficient (Wildman–Crippen LogP) is 3.78. The van der Waals surface area contributed by atoms with Crippen LogP contribution in [0.4, 0.5) is 4.39 Å². The molecular formula is C13H14ClFO. The minimum atomic E-state index is -0.317. The predicted molar refractivity (Wildman–Crippen MR) is 62.1 cm³/mol. The van der Waals surface area contributed by atoms with Crippen molar-refractivity contribution in [3.05, 3.63) is 34.6 Å². The summed E-state index contributed by atoms with van der Waals surface area (Å²) in [5.41, 5.74) is 0.923. The van der Waals surface area contributed by atoms with Crippen molar-refractivity contribution in [2.45, 2.75) is 32.1 Å². The van der Waals surface area contributed by atoms with E-state index in [1.54, 1.807) is 6.07 Å². The molecule has 1 aromatic rings. The molecule has 0 aliphatic heterocycles. The molecule has 0 aromatic heterocycles. The summed E-state index contributed by atoms with van der Waals surface area (Å²) in [6, 6.07) is 4.42. The van der Waals surface area contributed by atoms with E-state index in [9.17, 15) is 9.18 Å². The third-order valence-corrected chi connectivity index (χ3v) is 3.27. The van der Waals surface area contributed by atoms with E-state index >= 15 is 0 Å². The zero-order valence-corrected chi connectivity index (χ0v) is 9.77. The zero-order chi connectivity index (χ0) is 11.5. The molecule has 0 saturated heterocycles. The van der Waals surface area contributed by atoms with Crippen LogP contribution in [0.15, 0.2) is 18.2 Å². The maximum Gasteiger partial charge on any atom is 0.135 e. The number of carbonyl (C=O) groups is 1. The Hall–Kier alpha value is -0.890. The first-order valence-electron chi connectivity index (χ1n) is 5.63. The number of rotatable bonds is 5. The lowest BCUT2D eigenvalue weighted by atomic mass is 10.0. The van der Waals surface area contributed by atoms with Crippen molar-refractivity contribution in [1.82, 2.24) is 0 Å². The van der Waals surface area contributed by atoms with Gasteiger partial charge in [-0.1, -0.05) is 17.7 Å². The Bertz CT molecular complexity index is 399. The van der Waals surface area contributed by atoms with Gasteiger partial charge >= 0.3 is 0 Å². The van der Waals surface area contributed by atoms with Gasteiger partial charge < -0.3 is 0 Å². The normalized spacial score (nSPS) is 15.1. The van der Waals surface area contributed by atoms with Gasteiger partial charge in [-0.15, -0.1) is 0 Å². The quantitative estimate of drug-likeness (QED) is 0.766. The summed E-state index contributed by atoms with van der Waals surface area (Å²) in [4.78, 5) is 11.4. The Morgan fingerprint density at radius 2 is 2.19 bits per heavy atom. The first kappa shape index (κ1) is 11.6. The highest BCUT2D eigenvalue weighted by atomic mass is 35.5. The summed E-state index contributed by atoms with van der Waals surface area (Å²) in [6.07, 6.45) is 4.31. The summed E-state index contributed by atoms with van der Waals surface area (Å²) in [6.45, 7) is 0. The number of aryl methyl sites for hydroxylation is 1. The van der Waals surface area contributed by atoms with Crippen LogP contribution in [0.25, 0.3) is 0 Å². The number of benzene rings is 1. The minimum absolute atomic E-state index is 0.317. The van der Waals surface area contributed by atoms with Gasteiger partial charge in [-0.25, -0.2) is 4.39 Å². The molecule has 1 aliphatic rings. The number of Topliss-reactive ketones (excluding diaryl/α,β-unsaturated/α-hetero) is 1. The summed E-state index contributed by atoms with van der Waals surface area (Å²) < 4.78 is 12.8. The second kappa shape index (κ2) is 4.96. The third-order valence-electron chi connectivity index (χ3n) is 2.92. The molecule has 1 saturated carbocycles. The number of ketones is 1. The van der Waals surface area contributed by atoms with Crippen LogP contribution >= 0.6 is 11.6 Å². The summed E-state index contributed by atoms with van der Waals surface area (Å²) in [5, 5.41) is 0.457. The van der Waals surface area contributed by atoms with Gasteiger partial charge in [0.15, 0.2) is 0 Å². The van der Waals surface area contributed by atoms with Crippen LogP contribution in [0.5, 0.6) is 0 Å². The molecule has 86 valence electrons. The molecule has 0 spiro atoms. The van der Waals surface area contributed by atoms with Crippen LogP contribution < -0.4 is 0 Å². The lowest BCUT2D eigenvalue weighted by molar-refractivity contribution is -0.120. The van der Waals surface area contributed by atoms with Crippen LogP contribution in [-0.2, 0) is 11.2 Å². The second-order valence-electron chi connectivity index (χ2n) is 4.33. The van der Waals surface area contributed by atoms with Crippen LogP contribution in [0, 0.1) is 11.7 Å². The monoisotopic (exact) mass is 240 g/mol. The second-order valence-corrected chi connectivity index (χ2v) is 4.74. The van der Waals surface area contributed by atoms with Crippen molar-refractivity contribution < 1.29 is 9.18 Å². The van der Waals surface area contributed by atoms with Crippen molar-refractivity contribution in [1.29, 1.82) is 0 Å². The van der Waals surface area contributed by atoms with Gasteiger partial charge in [0.25, 0.3) is 0 Å². The van der Waals surface area contributed by atoms with Gasteiger partial charge in [0.2, 0.25) is 0 Å². The molecule has 0 heterocycles. The van der Waals surface area contributed by atoms with Crippen molar-refractivity contribution in [3.63, 3.8) is 0 Å².